The Bertz CT molecular complexity index is 1140. The van der Waals surface area contributed by atoms with E-state index in [1.165, 1.54) is 44.6 Å². The molecule has 2 heterocycles. The van der Waals surface area contributed by atoms with Crippen LogP contribution in [0.1, 0.15) is 127 Å². The first kappa shape index (κ1) is 36.3. The van der Waals surface area contributed by atoms with Crippen LogP contribution < -0.4 is 10.6 Å². The van der Waals surface area contributed by atoms with E-state index in [2.05, 4.69) is 24.5 Å². The monoisotopic (exact) mass is 630 g/mol. The zero-order valence-corrected chi connectivity index (χ0v) is 27.5. The molecule has 1 saturated heterocycles. The number of aliphatic hydroxyl groups excluding tert-OH is 1. The molecule has 1 aromatic rings. The molecule has 2 aliphatic heterocycles. The molecule has 10 heteroatoms. The van der Waals surface area contributed by atoms with Gasteiger partial charge in [-0.15, -0.1) is 0 Å². The largest absolute Gasteiger partial charge is 0.507 e. The van der Waals surface area contributed by atoms with Crippen LogP contribution in [-0.2, 0) is 30.3 Å². The number of hydrogen-bond donors (Lipinski definition) is 4. The van der Waals surface area contributed by atoms with Gasteiger partial charge in [-0.1, -0.05) is 97.6 Å². The molecule has 0 aromatic heterocycles. The number of aliphatic hydroxyl groups is 1. The number of fused-ring (bicyclic) bond motifs is 1. The fourth-order valence-electron chi connectivity index (χ4n) is 6.25. The van der Waals surface area contributed by atoms with Crippen molar-refractivity contribution in [3.8, 4) is 5.75 Å². The van der Waals surface area contributed by atoms with E-state index in [-0.39, 0.29) is 36.0 Å². The van der Waals surface area contributed by atoms with Gasteiger partial charge in [0.05, 0.1) is 18.5 Å². The Balaban J connectivity index is 1.45. The average molecular weight is 631 g/mol. The Labute approximate surface area is 268 Å². The minimum atomic E-state index is -1.72. The van der Waals surface area contributed by atoms with Crippen molar-refractivity contribution in [3.05, 3.63) is 29.3 Å². The van der Waals surface area contributed by atoms with Gasteiger partial charge < -0.3 is 30.3 Å². The second-order valence-corrected chi connectivity index (χ2v) is 13.6. The number of carbonyl (C=O) groups is 4. The smallest absolute Gasteiger partial charge is 0.342 e. The van der Waals surface area contributed by atoms with Crippen molar-refractivity contribution in [2.45, 2.75) is 148 Å². The number of phenols is 1. The van der Waals surface area contributed by atoms with E-state index in [1.807, 2.05) is 13.8 Å². The molecule has 0 saturated carbocycles. The number of ether oxygens (including phenoxy) is 2. The predicted molar refractivity (Wildman–Crippen MR) is 170 cm³/mol. The van der Waals surface area contributed by atoms with Gasteiger partial charge in [-0.3, -0.25) is 14.4 Å². The first-order valence-corrected chi connectivity index (χ1v) is 16.9. The lowest BCUT2D eigenvalue weighted by atomic mass is 9.90. The maximum Gasteiger partial charge on any atom is 0.342 e. The van der Waals surface area contributed by atoms with Crippen molar-refractivity contribution in [2.75, 3.05) is 0 Å². The zero-order chi connectivity index (χ0) is 32.9. The summed E-state index contributed by atoms with van der Waals surface area (Å²) in [5.74, 6) is -1.56. The van der Waals surface area contributed by atoms with E-state index in [4.69, 9.17) is 9.47 Å². The number of rotatable bonds is 19. The third kappa shape index (κ3) is 11.6. The zero-order valence-electron chi connectivity index (χ0n) is 27.5. The highest BCUT2D eigenvalue weighted by molar-refractivity contribution is 5.95. The first-order valence-electron chi connectivity index (χ1n) is 16.9. The average Bonchev–Trinajstić information content (AvgIpc) is 3.33. The van der Waals surface area contributed by atoms with Crippen LogP contribution >= 0.6 is 0 Å². The van der Waals surface area contributed by atoms with Gasteiger partial charge in [-0.05, 0) is 36.3 Å². The van der Waals surface area contributed by atoms with Crippen LogP contribution in [0, 0.1) is 11.8 Å². The van der Waals surface area contributed by atoms with Crippen LogP contribution in [0.15, 0.2) is 18.2 Å². The fourth-order valence-corrected chi connectivity index (χ4v) is 6.25. The Morgan fingerprint density at radius 3 is 2.18 bits per heavy atom. The fraction of sp³-hybridized carbons (Fsp3) is 0.714. The molecule has 1 aromatic carbocycles. The summed E-state index contributed by atoms with van der Waals surface area (Å²) in [5.41, 5.74) is 0.725. The van der Waals surface area contributed by atoms with Gasteiger partial charge >= 0.3 is 11.9 Å². The first-order chi connectivity index (χ1) is 21.5. The van der Waals surface area contributed by atoms with Crippen LogP contribution in [0.25, 0.3) is 0 Å². The van der Waals surface area contributed by atoms with Crippen LogP contribution in [0.2, 0.25) is 0 Å². The number of hydrogen-bond acceptors (Lipinski definition) is 8. The molecule has 0 radical (unpaired) electrons. The molecule has 45 heavy (non-hydrogen) atoms. The molecule has 252 valence electrons. The Hall–Kier alpha value is -3.14. The standard InChI is InChI=1S/C35H54N2O8/c1-22(2)15-12-10-8-6-5-7-9-11-13-18-29(39)36-26-21-30(40)45-33(26)32(41)34(42)37-25(19-23(3)4)28-20-24-16-14-17-27(38)31(24)35(43)44-28/h14,16-17,22-23,25-26,28,32-33,38,41H,5-13,15,18-21H2,1-4H3,(H,36,39)(H,37,42). The minimum absolute atomic E-state index is 0.114. The number of unbranched alkanes of at least 4 members (excludes halogenated alkanes) is 8. The number of esters is 2. The van der Waals surface area contributed by atoms with Gasteiger partial charge in [0.25, 0.3) is 5.91 Å². The number of amides is 2. The third-order valence-electron chi connectivity index (χ3n) is 8.68. The van der Waals surface area contributed by atoms with Gasteiger partial charge in [-0.25, -0.2) is 4.79 Å². The van der Waals surface area contributed by atoms with Crippen molar-refractivity contribution in [1.29, 1.82) is 0 Å². The molecule has 10 nitrogen and oxygen atoms in total. The lowest BCUT2D eigenvalue weighted by Crippen LogP contribution is -2.56. The highest BCUT2D eigenvalue weighted by atomic mass is 16.6. The summed E-state index contributed by atoms with van der Waals surface area (Å²) in [6, 6.07) is 3.33. The Kier molecular flexibility index (Phi) is 14.6. The van der Waals surface area contributed by atoms with E-state index in [0.717, 1.165) is 31.6 Å². The molecular formula is C35H54N2O8. The highest BCUT2D eigenvalue weighted by Crippen LogP contribution is 2.30. The lowest BCUT2D eigenvalue weighted by molar-refractivity contribution is -0.151. The summed E-state index contributed by atoms with van der Waals surface area (Å²) < 4.78 is 10.9. The number of benzene rings is 1. The number of cyclic esters (lactones) is 2. The number of nitrogens with one attached hydrogen (secondary N) is 2. The summed E-state index contributed by atoms with van der Waals surface area (Å²) in [4.78, 5) is 50.7. The molecule has 2 amide bonds. The molecule has 5 unspecified atom stereocenters. The second kappa shape index (κ2) is 18.1. The van der Waals surface area contributed by atoms with E-state index >= 15 is 0 Å². The minimum Gasteiger partial charge on any atom is -0.507 e. The molecule has 3 rings (SSSR count). The van der Waals surface area contributed by atoms with Gasteiger partial charge in [-0.2, -0.15) is 0 Å². The van der Waals surface area contributed by atoms with Gasteiger partial charge in [0, 0.05) is 12.8 Å². The van der Waals surface area contributed by atoms with E-state index in [1.54, 1.807) is 12.1 Å². The second-order valence-electron chi connectivity index (χ2n) is 13.6. The van der Waals surface area contributed by atoms with Crippen LogP contribution in [0.4, 0.5) is 0 Å². The Morgan fingerprint density at radius 2 is 1.53 bits per heavy atom. The van der Waals surface area contributed by atoms with Gasteiger partial charge in [0.2, 0.25) is 5.91 Å². The lowest BCUT2D eigenvalue weighted by Gasteiger charge is -2.34. The number of aromatic hydroxyl groups is 1. The summed E-state index contributed by atoms with van der Waals surface area (Å²) >= 11 is 0. The molecule has 4 N–H and O–H groups in total. The van der Waals surface area contributed by atoms with Gasteiger partial charge in [0.15, 0.2) is 12.2 Å². The number of phenolic OH excluding ortho intramolecular Hbond substituents is 1. The quantitative estimate of drug-likeness (QED) is 0.122. The molecule has 0 bridgehead atoms. The van der Waals surface area contributed by atoms with Crippen LogP contribution in [0.3, 0.4) is 0 Å². The van der Waals surface area contributed by atoms with Crippen molar-refractivity contribution in [1.82, 2.24) is 10.6 Å². The summed E-state index contributed by atoms with van der Waals surface area (Å²) in [7, 11) is 0. The topological polar surface area (TPSA) is 151 Å². The normalized spacial score (nSPS) is 20.8. The SMILES string of the molecule is CC(C)CCCCCCCCCCCC(=O)NC1CC(=O)OC1C(O)C(=O)NC(CC(C)C)C1Cc2cccc(O)c2C(=O)O1. The van der Waals surface area contributed by atoms with Crippen molar-refractivity contribution in [3.63, 3.8) is 0 Å². The number of carbonyl (C=O) groups excluding carboxylic acids is 4. The van der Waals surface area contributed by atoms with Crippen molar-refractivity contribution < 1.29 is 38.9 Å². The maximum atomic E-state index is 13.2. The van der Waals surface area contributed by atoms with E-state index < -0.39 is 48.2 Å². The van der Waals surface area contributed by atoms with Crippen LogP contribution in [0.5, 0.6) is 5.75 Å². The van der Waals surface area contributed by atoms with Crippen molar-refractivity contribution >= 4 is 23.8 Å². The van der Waals surface area contributed by atoms with Gasteiger partial charge in [0.1, 0.15) is 17.4 Å². The molecular weight excluding hydrogens is 576 g/mol. The predicted octanol–water partition coefficient (Wildman–Crippen LogP) is 5.11. The third-order valence-corrected chi connectivity index (χ3v) is 8.68. The van der Waals surface area contributed by atoms with E-state index in [9.17, 15) is 29.4 Å². The van der Waals surface area contributed by atoms with Crippen molar-refractivity contribution in [2.24, 2.45) is 11.8 Å². The molecule has 5 atom stereocenters. The molecule has 1 fully saturated rings. The van der Waals surface area contributed by atoms with E-state index in [0.29, 0.717) is 18.4 Å². The summed E-state index contributed by atoms with van der Waals surface area (Å²) in [6.07, 6.45) is 8.82. The van der Waals surface area contributed by atoms with Crippen LogP contribution in [-0.4, -0.2) is 64.4 Å². The molecule has 2 aliphatic rings. The molecule has 0 spiro atoms. The Morgan fingerprint density at radius 1 is 0.889 bits per heavy atom. The maximum absolute atomic E-state index is 13.2. The highest BCUT2D eigenvalue weighted by Gasteiger charge is 2.44. The summed E-state index contributed by atoms with van der Waals surface area (Å²) in [6.45, 7) is 8.44. The molecule has 0 aliphatic carbocycles. The summed E-state index contributed by atoms with van der Waals surface area (Å²) in [5, 5.41) is 26.6.